The number of nitrogens with two attached hydrogens (primary N) is 1. The van der Waals surface area contributed by atoms with Crippen molar-refractivity contribution in [2.45, 2.75) is 51.2 Å². The van der Waals surface area contributed by atoms with Crippen LogP contribution in [0.1, 0.15) is 38.2 Å². The first-order chi connectivity index (χ1) is 13.3. The van der Waals surface area contributed by atoms with E-state index in [0.29, 0.717) is 5.39 Å². The number of aryl methyl sites for hydroxylation is 1. The van der Waals surface area contributed by atoms with E-state index < -0.39 is 0 Å². The highest BCUT2D eigenvalue weighted by atomic mass is 19.1. The molecule has 1 heterocycles. The van der Waals surface area contributed by atoms with Crippen molar-refractivity contribution >= 4 is 10.8 Å². The maximum Gasteiger partial charge on any atom is 0.255 e. The van der Waals surface area contributed by atoms with Gasteiger partial charge in [0.1, 0.15) is 11.6 Å². The largest absolute Gasteiger partial charge is 0.490 e. The van der Waals surface area contributed by atoms with Crippen LogP contribution in [0.2, 0.25) is 0 Å². The Balaban J connectivity index is 0.000000271. The second-order valence-electron chi connectivity index (χ2n) is 7.78. The molecule has 1 aliphatic rings. The molecule has 0 unspecified atom stereocenters. The van der Waals surface area contributed by atoms with Crippen molar-refractivity contribution in [2.24, 2.45) is 5.73 Å². The molecule has 0 radical (unpaired) electrons. The summed E-state index contributed by atoms with van der Waals surface area (Å²) in [5.74, 6) is 0.696. The number of hydrogen-bond acceptors (Lipinski definition) is 3. The summed E-state index contributed by atoms with van der Waals surface area (Å²) in [5.41, 5.74) is 7.05. The van der Waals surface area contributed by atoms with Gasteiger partial charge >= 0.3 is 0 Å². The van der Waals surface area contributed by atoms with Crippen LogP contribution in [0.3, 0.4) is 0 Å². The number of benzene rings is 2. The van der Waals surface area contributed by atoms with Crippen molar-refractivity contribution in [1.29, 1.82) is 0 Å². The first-order valence-corrected chi connectivity index (χ1v) is 9.62. The van der Waals surface area contributed by atoms with Gasteiger partial charge in [0.05, 0.1) is 6.10 Å². The van der Waals surface area contributed by atoms with E-state index in [0.717, 1.165) is 42.4 Å². The fourth-order valence-corrected chi connectivity index (χ4v) is 3.41. The van der Waals surface area contributed by atoms with Crippen molar-refractivity contribution < 1.29 is 9.13 Å². The van der Waals surface area contributed by atoms with Gasteiger partial charge in [-0.25, -0.2) is 4.39 Å². The molecule has 0 saturated heterocycles. The third-order valence-corrected chi connectivity index (χ3v) is 5.17. The monoisotopic (exact) mass is 382 g/mol. The summed E-state index contributed by atoms with van der Waals surface area (Å²) >= 11 is 0. The molecule has 1 saturated carbocycles. The molecule has 3 N–H and O–H groups in total. The Labute approximate surface area is 164 Å². The van der Waals surface area contributed by atoms with Gasteiger partial charge in [-0.3, -0.25) is 4.79 Å². The number of rotatable bonds is 2. The Morgan fingerprint density at radius 3 is 2.43 bits per heavy atom. The van der Waals surface area contributed by atoms with Crippen LogP contribution < -0.4 is 16.0 Å². The lowest BCUT2D eigenvalue weighted by Gasteiger charge is -2.34. The van der Waals surface area contributed by atoms with Gasteiger partial charge in [0.2, 0.25) is 0 Å². The summed E-state index contributed by atoms with van der Waals surface area (Å²) in [5, 5.41) is 1.62. The predicted octanol–water partition coefficient (Wildman–Crippen LogP) is 4.70. The van der Waals surface area contributed by atoms with Gasteiger partial charge in [0.15, 0.2) is 0 Å². The number of aromatic nitrogens is 1. The first kappa shape index (κ1) is 20.1. The van der Waals surface area contributed by atoms with Crippen LogP contribution in [-0.4, -0.2) is 16.6 Å². The Bertz CT molecular complexity index is 973. The maximum atomic E-state index is 11.9. The molecule has 0 atom stereocenters. The average molecular weight is 382 g/mol. The Morgan fingerprint density at radius 1 is 1.14 bits per heavy atom. The summed E-state index contributed by atoms with van der Waals surface area (Å²) in [6.07, 6.45) is 5.84. The average Bonchev–Trinajstić information content (AvgIpc) is 2.66. The lowest BCUT2D eigenvalue weighted by molar-refractivity contribution is 0.123. The molecule has 0 bridgehead atoms. The molecule has 0 aliphatic heterocycles. The summed E-state index contributed by atoms with van der Waals surface area (Å²) in [6.45, 7) is 4.09. The van der Waals surface area contributed by atoms with E-state index in [-0.39, 0.29) is 23.0 Å². The zero-order valence-corrected chi connectivity index (χ0v) is 16.4. The van der Waals surface area contributed by atoms with Crippen molar-refractivity contribution in [3.63, 3.8) is 0 Å². The van der Waals surface area contributed by atoms with Crippen LogP contribution in [0.5, 0.6) is 5.75 Å². The lowest BCUT2D eigenvalue weighted by atomic mass is 9.83. The minimum atomic E-state index is -0.178. The highest BCUT2D eigenvalue weighted by Crippen LogP contribution is 2.31. The summed E-state index contributed by atoms with van der Waals surface area (Å²) < 4.78 is 18.1. The van der Waals surface area contributed by atoms with Crippen LogP contribution in [0.25, 0.3) is 10.8 Å². The summed E-state index contributed by atoms with van der Waals surface area (Å²) in [6, 6.07) is 13.7. The molecule has 0 spiro atoms. The fraction of sp³-hybridized carbons (Fsp3) is 0.348. The van der Waals surface area contributed by atoms with Crippen LogP contribution in [-0.2, 0) is 0 Å². The second kappa shape index (κ2) is 8.57. The SMILES string of the molecule is Cc1cc2c(=O)[nH]ccc2cc1OC1CCC(C)(N)CC1.Fc1ccccc1. The van der Waals surface area contributed by atoms with E-state index in [9.17, 15) is 9.18 Å². The van der Waals surface area contributed by atoms with Crippen LogP contribution >= 0.6 is 0 Å². The number of nitrogens with one attached hydrogen (secondary N) is 1. The molecule has 4 rings (SSSR count). The minimum absolute atomic E-state index is 0.0500. The topological polar surface area (TPSA) is 68.1 Å². The zero-order chi connectivity index (χ0) is 20.1. The van der Waals surface area contributed by atoms with Crippen LogP contribution in [0.15, 0.2) is 59.5 Å². The van der Waals surface area contributed by atoms with Crippen LogP contribution in [0, 0.1) is 12.7 Å². The molecule has 1 aromatic heterocycles. The number of pyridine rings is 1. The third-order valence-electron chi connectivity index (χ3n) is 5.17. The Hall–Kier alpha value is -2.66. The Morgan fingerprint density at radius 2 is 1.82 bits per heavy atom. The molecule has 148 valence electrons. The standard InChI is InChI=1S/C17H22N2O2.C6H5F/c1-11-9-14-12(5-8-19-16(14)20)10-15(11)21-13-3-6-17(2,18)7-4-13;7-6-4-2-1-3-5-6/h5,8-10,13H,3-4,6-7,18H2,1-2H3,(H,19,20);1-5H. The van der Waals surface area contributed by atoms with E-state index in [1.54, 1.807) is 24.4 Å². The van der Waals surface area contributed by atoms with E-state index >= 15 is 0 Å². The molecule has 5 heteroatoms. The molecule has 28 heavy (non-hydrogen) atoms. The van der Waals surface area contributed by atoms with Gasteiger partial charge in [-0.15, -0.1) is 0 Å². The van der Waals surface area contributed by atoms with Gasteiger partial charge in [-0.05, 0) is 80.8 Å². The first-order valence-electron chi connectivity index (χ1n) is 9.62. The van der Waals surface area contributed by atoms with Gasteiger partial charge in [-0.1, -0.05) is 18.2 Å². The molecule has 3 aromatic rings. The van der Waals surface area contributed by atoms with Crippen LogP contribution in [0.4, 0.5) is 4.39 Å². The van der Waals surface area contributed by atoms with Crippen molar-refractivity contribution in [3.8, 4) is 5.75 Å². The highest BCUT2D eigenvalue weighted by Gasteiger charge is 2.28. The molecular weight excluding hydrogens is 355 g/mol. The Kier molecular flexibility index (Phi) is 6.15. The van der Waals surface area contributed by atoms with Crippen molar-refractivity contribution in [3.05, 3.63) is 76.5 Å². The van der Waals surface area contributed by atoms with E-state index in [4.69, 9.17) is 10.5 Å². The molecule has 2 aromatic carbocycles. The predicted molar refractivity (Wildman–Crippen MR) is 111 cm³/mol. The number of fused-ring (bicyclic) bond motifs is 1. The molecule has 1 aliphatic carbocycles. The quantitative estimate of drug-likeness (QED) is 0.675. The van der Waals surface area contributed by atoms with E-state index in [2.05, 4.69) is 11.9 Å². The number of hydrogen-bond donors (Lipinski definition) is 2. The highest BCUT2D eigenvalue weighted by molar-refractivity contribution is 5.83. The normalized spacial score (nSPS) is 21.6. The molecule has 1 fully saturated rings. The van der Waals surface area contributed by atoms with Gasteiger partial charge in [0, 0.05) is 17.1 Å². The van der Waals surface area contributed by atoms with Gasteiger partial charge in [-0.2, -0.15) is 0 Å². The maximum absolute atomic E-state index is 11.9. The summed E-state index contributed by atoms with van der Waals surface area (Å²) in [7, 11) is 0. The number of H-pyrrole nitrogens is 1. The molecular formula is C23H27FN2O2. The van der Waals surface area contributed by atoms with E-state index in [1.807, 2.05) is 25.1 Å². The smallest absolute Gasteiger partial charge is 0.255 e. The lowest BCUT2D eigenvalue weighted by Crippen LogP contribution is -2.42. The number of halogens is 1. The molecule has 0 amide bonds. The summed E-state index contributed by atoms with van der Waals surface area (Å²) in [4.78, 5) is 14.5. The number of aromatic amines is 1. The minimum Gasteiger partial charge on any atom is -0.490 e. The van der Waals surface area contributed by atoms with Crippen molar-refractivity contribution in [2.75, 3.05) is 0 Å². The van der Waals surface area contributed by atoms with E-state index in [1.165, 1.54) is 12.1 Å². The second-order valence-corrected chi connectivity index (χ2v) is 7.78. The zero-order valence-electron chi connectivity index (χ0n) is 16.4. The van der Waals surface area contributed by atoms with Gasteiger partial charge < -0.3 is 15.5 Å². The fourth-order valence-electron chi connectivity index (χ4n) is 3.41. The van der Waals surface area contributed by atoms with Gasteiger partial charge in [0.25, 0.3) is 5.56 Å². The number of ether oxygens (including phenoxy) is 1. The molecule has 4 nitrogen and oxygen atoms in total. The van der Waals surface area contributed by atoms with Crippen molar-refractivity contribution in [1.82, 2.24) is 4.98 Å². The third kappa shape index (κ3) is 5.20.